The summed E-state index contributed by atoms with van der Waals surface area (Å²) in [6.07, 6.45) is 2.98. The molecule has 0 aliphatic heterocycles. The summed E-state index contributed by atoms with van der Waals surface area (Å²) in [4.78, 5) is 2.28. The van der Waals surface area contributed by atoms with Crippen LogP contribution in [0.5, 0.6) is 0 Å². The van der Waals surface area contributed by atoms with Gasteiger partial charge < -0.3 is 14.6 Å². The van der Waals surface area contributed by atoms with Crippen molar-refractivity contribution in [2.45, 2.75) is 31.4 Å². The van der Waals surface area contributed by atoms with Crippen LogP contribution in [0.1, 0.15) is 19.3 Å². The molecule has 4 heteroatoms. The van der Waals surface area contributed by atoms with Gasteiger partial charge in [0.25, 0.3) is 0 Å². The first-order valence-corrected chi connectivity index (χ1v) is 5.69. The second kappa shape index (κ2) is 7.17. The zero-order valence-corrected chi connectivity index (χ0v) is 9.82. The van der Waals surface area contributed by atoms with Crippen LogP contribution in [0.2, 0.25) is 0 Å². The van der Waals surface area contributed by atoms with E-state index in [9.17, 15) is 5.11 Å². The molecule has 0 saturated heterocycles. The van der Waals surface area contributed by atoms with Crippen LogP contribution in [0.15, 0.2) is 0 Å². The summed E-state index contributed by atoms with van der Waals surface area (Å²) in [7, 11) is 3.42. The predicted molar refractivity (Wildman–Crippen MR) is 59.0 cm³/mol. The summed E-state index contributed by atoms with van der Waals surface area (Å²) < 4.78 is 10.2. The molecule has 1 aliphatic rings. The molecule has 0 spiro atoms. The normalized spacial score (nSPS) is 26.4. The summed E-state index contributed by atoms with van der Waals surface area (Å²) in [6.45, 7) is 3.18. The van der Waals surface area contributed by atoms with E-state index in [0.29, 0.717) is 19.3 Å². The quantitative estimate of drug-likeness (QED) is 0.674. The Bertz CT molecular complexity index is 158. The van der Waals surface area contributed by atoms with Gasteiger partial charge in [0.05, 0.1) is 19.3 Å². The minimum Gasteiger partial charge on any atom is -0.391 e. The summed E-state index contributed by atoms with van der Waals surface area (Å²) >= 11 is 0. The van der Waals surface area contributed by atoms with Crippen molar-refractivity contribution in [3.05, 3.63) is 0 Å². The summed E-state index contributed by atoms with van der Waals surface area (Å²) in [5.41, 5.74) is 0. The van der Waals surface area contributed by atoms with Crippen LogP contribution in [0.4, 0.5) is 0 Å². The first kappa shape index (κ1) is 12.9. The topological polar surface area (TPSA) is 41.9 Å². The summed E-state index contributed by atoms with van der Waals surface area (Å²) in [6, 6.07) is 0.301. The Morgan fingerprint density at radius 2 is 1.73 bits per heavy atom. The minimum atomic E-state index is -0.168. The maximum absolute atomic E-state index is 9.83. The smallest absolute Gasteiger partial charge is 0.0695 e. The van der Waals surface area contributed by atoms with Gasteiger partial charge in [-0.2, -0.15) is 0 Å². The molecule has 0 aromatic carbocycles. The average molecular weight is 217 g/mol. The third-order valence-corrected chi connectivity index (χ3v) is 3.08. The molecule has 0 unspecified atom stereocenters. The fourth-order valence-electron chi connectivity index (χ4n) is 2.21. The molecule has 2 atom stereocenters. The van der Waals surface area contributed by atoms with Gasteiger partial charge >= 0.3 is 0 Å². The number of aliphatic hydroxyl groups excluding tert-OH is 1. The molecule has 90 valence electrons. The van der Waals surface area contributed by atoms with Crippen LogP contribution in [-0.2, 0) is 9.47 Å². The van der Waals surface area contributed by atoms with Crippen molar-refractivity contribution in [2.24, 2.45) is 0 Å². The molecule has 1 saturated carbocycles. The summed E-state index contributed by atoms with van der Waals surface area (Å²) in [5, 5.41) is 9.83. The van der Waals surface area contributed by atoms with Crippen molar-refractivity contribution in [1.82, 2.24) is 4.90 Å². The van der Waals surface area contributed by atoms with E-state index in [2.05, 4.69) is 4.90 Å². The SMILES string of the molecule is COCCN(CCOC)[C@H]1CCC[C@@H]1O. The first-order chi connectivity index (χ1) is 7.29. The number of methoxy groups -OCH3 is 2. The number of nitrogens with zero attached hydrogens (tertiary/aromatic N) is 1. The molecule has 1 N–H and O–H groups in total. The highest BCUT2D eigenvalue weighted by atomic mass is 16.5. The van der Waals surface area contributed by atoms with Gasteiger partial charge in [-0.05, 0) is 19.3 Å². The van der Waals surface area contributed by atoms with Crippen LogP contribution >= 0.6 is 0 Å². The van der Waals surface area contributed by atoms with Crippen molar-refractivity contribution in [1.29, 1.82) is 0 Å². The molecular formula is C11H23NO3. The van der Waals surface area contributed by atoms with Gasteiger partial charge in [-0.3, -0.25) is 4.90 Å². The predicted octanol–water partition coefficient (Wildman–Crippen LogP) is 0.495. The molecule has 0 aromatic heterocycles. The second-order valence-electron chi connectivity index (χ2n) is 4.09. The molecule has 1 rings (SSSR count). The molecular weight excluding hydrogens is 194 g/mol. The van der Waals surface area contributed by atoms with Gasteiger partial charge in [0.2, 0.25) is 0 Å². The highest BCUT2D eigenvalue weighted by Gasteiger charge is 2.29. The Kier molecular flexibility index (Phi) is 6.17. The van der Waals surface area contributed by atoms with Crippen molar-refractivity contribution in [3.63, 3.8) is 0 Å². The molecule has 15 heavy (non-hydrogen) atoms. The van der Waals surface area contributed by atoms with Crippen LogP contribution in [-0.4, -0.2) is 62.7 Å². The average Bonchev–Trinajstić information content (AvgIpc) is 2.65. The lowest BCUT2D eigenvalue weighted by Crippen LogP contribution is -2.43. The van der Waals surface area contributed by atoms with Crippen LogP contribution < -0.4 is 0 Å². The van der Waals surface area contributed by atoms with E-state index in [-0.39, 0.29) is 6.10 Å². The molecule has 0 amide bonds. The third-order valence-electron chi connectivity index (χ3n) is 3.08. The standard InChI is InChI=1S/C11H23NO3/c1-14-8-6-12(7-9-15-2)10-4-3-5-11(10)13/h10-11,13H,3-9H2,1-2H3/t10-,11-/m0/s1. The lowest BCUT2D eigenvalue weighted by molar-refractivity contribution is 0.0362. The molecule has 0 aromatic rings. The summed E-state index contributed by atoms with van der Waals surface area (Å²) in [5.74, 6) is 0. The monoisotopic (exact) mass is 217 g/mol. The van der Waals surface area contributed by atoms with Crippen molar-refractivity contribution in [3.8, 4) is 0 Å². The van der Waals surface area contributed by atoms with Crippen LogP contribution in [0.25, 0.3) is 0 Å². The highest BCUT2D eigenvalue weighted by Crippen LogP contribution is 2.23. The zero-order chi connectivity index (χ0) is 11.1. The molecule has 0 bridgehead atoms. The minimum absolute atomic E-state index is 0.168. The van der Waals surface area contributed by atoms with Crippen molar-refractivity contribution < 1.29 is 14.6 Å². The maximum Gasteiger partial charge on any atom is 0.0695 e. The van der Waals surface area contributed by atoms with E-state index < -0.39 is 0 Å². The Balaban J connectivity index is 2.38. The Hall–Kier alpha value is -0.160. The van der Waals surface area contributed by atoms with E-state index in [4.69, 9.17) is 9.47 Å². The van der Waals surface area contributed by atoms with E-state index in [1.54, 1.807) is 14.2 Å². The second-order valence-corrected chi connectivity index (χ2v) is 4.09. The first-order valence-electron chi connectivity index (χ1n) is 5.69. The van der Waals surface area contributed by atoms with Crippen LogP contribution in [0, 0.1) is 0 Å². The van der Waals surface area contributed by atoms with Crippen LogP contribution in [0.3, 0.4) is 0 Å². The van der Waals surface area contributed by atoms with Crippen molar-refractivity contribution in [2.75, 3.05) is 40.5 Å². The largest absolute Gasteiger partial charge is 0.391 e. The lowest BCUT2D eigenvalue weighted by atomic mass is 10.2. The van der Waals surface area contributed by atoms with E-state index in [1.807, 2.05) is 0 Å². The van der Waals surface area contributed by atoms with E-state index in [1.165, 1.54) is 0 Å². The molecule has 1 aliphatic carbocycles. The molecule has 0 radical (unpaired) electrons. The lowest BCUT2D eigenvalue weighted by Gasteiger charge is -2.30. The van der Waals surface area contributed by atoms with E-state index >= 15 is 0 Å². The van der Waals surface area contributed by atoms with Gasteiger partial charge in [0.15, 0.2) is 0 Å². The van der Waals surface area contributed by atoms with Gasteiger partial charge in [0, 0.05) is 33.4 Å². The van der Waals surface area contributed by atoms with Gasteiger partial charge in [-0.25, -0.2) is 0 Å². The number of aliphatic hydroxyl groups is 1. The fraction of sp³-hybridized carbons (Fsp3) is 1.00. The van der Waals surface area contributed by atoms with Gasteiger partial charge in [0.1, 0.15) is 0 Å². The molecule has 0 heterocycles. The highest BCUT2D eigenvalue weighted by molar-refractivity contribution is 4.85. The van der Waals surface area contributed by atoms with Crippen molar-refractivity contribution >= 4 is 0 Å². The Morgan fingerprint density at radius 3 is 2.13 bits per heavy atom. The van der Waals surface area contributed by atoms with Gasteiger partial charge in [-0.15, -0.1) is 0 Å². The Labute approximate surface area is 92.2 Å². The molecule has 4 nitrogen and oxygen atoms in total. The zero-order valence-electron chi connectivity index (χ0n) is 9.82. The van der Waals surface area contributed by atoms with Gasteiger partial charge in [-0.1, -0.05) is 0 Å². The third kappa shape index (κ3) is 4.07. The number of rotatable bonds is 7. The fourth-order valence-corrected chi connectivity index (χ4v) is 2.21. The van der Waals surface area contributed by atoms with E-state index in [0.717, 1.165) is 32.4 Å². The molecule has 1 fully saturated rings. The number of hydrogen-bond acceptors (Lipinski definition) is 4. The number of ether oxygens (including phenoxy) is 2. The number of hydrogen-bond donors (Lipinski definition) is 1. The Morgan fingerprint density at radius 1 is 1.13 bits per heavy atom. The maximum atomic E-state index is 9.83.